The van der Waals surface area contributed by atoms with E-state index in [2.05, 4.69) is 37.9 Å². The first-order valence-corrected chi connectivity index (χ1v) is 10.8. The molecule has 0 saturated carbocycles. The van der Waals surface area contributed by atoms with Gasteiger partial charge >= 0.3 is 0 Å². The van der Waals surface area contributed by atoms with Gasteiger partial charge in [-0.3, -0.25) is 0 Å². The van der Waals surface area contributed by atoms with Crippen LogP contribution in [-0.2, 0) is 0 Å². The van der Waals surface area contributed by atoms with E-state index >= 15 is 0 Å². The first-order chi connectivity index (χ1) is 8.24. The molecule has 0 aliphatic carbocycles. The summed E-state index contributed by atoms with van der Waals surface area (Å²) in [4.78, 5) is 0. The molecule has 2 atom stereocenters. The van der Waals surface area contributed by atoms with Gasteiger partial charge in [-0.15, -0.1) is 0 Å². The first-order valence-electron chi connectivity index (χ1n) is 5.52. The Bertz CT molecular complexity index is 160. The number of aliphatic hydroxyl groups excluding tert-OH is 1. The van der Waals surface area contributed by atoms with Crippen LogP contribution in [0.5, 0.6) is 0 Å². The standard InChI is InChI=1S/C10H22OS6/c11-9(6-15-3-1-12)7-17-10(5-14)8-16-4-2-13/h9-14H,1-8H2. The lowest BCUT2D eigenvalue weighted by Crippen LogP contribution is -2.18. The van der Waals surface area contributed by atoms with Crippen LogP contribution in [0.3, 0.4) is 0 Å². The Hall–Kier alpha value is 2.06. The normalized spacial score (nSPS) is 14.8. The van der Waals surface area contributed by atoms with Crippen molar-refractivity contribution in [1.82, 2.24) is 0 Å². The van der Waals surface area contributed by atoms with Crippen molar-refractivity contribution in [1.29, 1.82) is 0 Å². The third kappa shape index (κ3) is 12.8. The van der Waals surface area contributed by atoms with Gasteiger partial charge < -0.3 is 5.11 Å². The molecule has 0 aliphatic heterocycles. The molecule has 7 heteroatoms. The molecule has 0 saturated heterocycles. The lowest BCUT2D eigenvalue weighted by Gasteiger charge is -2.16. The highest BCUT2D eigenvalue weighted by atomic mass is 32.2. The molecule has 0 aromatic heterocycles. The average molecular weight is 351 g/mol. The van der Waals surface area contributed by atoms with Crippen molar-refractivity contribution in [3.63, 3.8) is 0 Å². The van der Waals surface area contributed by atoms with Crippen LogP contribution in [0.25, 0.3) is 0 Å². The van der Waals surface area contributed by atoms with Gasteiger partial charge in [-0.25, -0.2) is 0 Å². The molecule has 0 aliphatic rings. The molecule has 0 rings (SSSR count). The second-order valence-electron chi connectivity index (χ2n) is 3.39. The van der Waals surface area contributed by atoms with Crippen molar-refractivity contribution in [2.75, 3.05) is 46.0 Å². The van der Waals surface area contributed by atoms with Crippen LogP contribution in [0.1, 0.15) is 0 Å². The highest BCUT2D eigenvalue weighted by Crippen LogP contribution is 2.20. The topological polar surface area (TPSA) is 20.2 Å². The molecule has 0 radical (unpaired) electrons. The minimum Gasteiger partial charge on any atom is -0.391 e. The van der Waals surface area contributed by atoms with E-state index in [1.807, 2.05) is 23.5 Å². The van der Waals surface area contributed by atoms with Gasteiger partial charge in [0.1, 0.15) is 0 Å². The molecule has 2 unspecified atom stereocenters. The number of aliphatic hydroxyl groups is 1. The van der Waals surface area contributed by atoms with Crippen molar-refractivity contribution in [3.8, 4) is 0 Å². The zero-order chi connectivity index (χ0) is 12.9. The van der Waals surface area contributed by atoms with Crippen LogP contribution < -0.4 is 0 Å². The van der Waals surface area contributed by atoms with E-state index < -0.39 is 0 Å². The maximum Gasteiger partial charge on any atom is 0.0720 e. The Balaban J connectivity index is 3.52. The van der Waals surface area contributed by atoms with E-state index in [0.717, 1.165) is 46.0 Å². The Kier molecular flexibility index (Phi) is 16.2. The van der Waals surface area contributed by atoms with E-state index in [4.69, 9.17) is 0 Å². The summed E-state index contributed by atoms with van der Waals surface area (Å²) in [6.45, 7) is 0. The molecular formula is C10H22OS6. The maximum atomic E-state index is 9.78. The van der Waals surface area contributed by atoms with Gasteiger partial charge in [0.25, 0.3) is 0 Å². The second kappa shape index (κ2) is 14.5. The zero-order valence-electron chi connectivity index (χ0n) is 9.83. The lowest BCUT2D eigenvalue weighted by molar-refractivity contribution is 0.225. The first kappa shape index (κ1) is 19.1. The van der Waals surface area contributed by atoms with Crippen LogP contribution >= 0.6 is 73.2 Å². The third-order valence-electron chi connectivity index (χ3n) is 1.81. The van der Waals surface area contributed by atoms with Gasteiger partial charge in [0.05, 0.1) is 6.10 Å². The zero-order valence-corrected chi connectivity index (χ0v) is 15.0. The van der Waals surface area contributed by atoms with Crippen molar-refractivity contribution < 1.29 is 5.11 Å². The van der Waals surface area contributed by atoms with Gasteiger partial charge in [0, 0.05) is 39.8 Å². The number of hydrogen-bond acceptors (Lipinski definition) is 7. The third-order valence-corrected chi connectivity index (χ3v) is 7.39. The summed E-state index contributed by atoms with van der Waals surface area (Å²) in [5.41, 5.74) is 0. The minimum absolute atomic E-state index is 0.206. The molecule has 0 amide bonds. The van der Waals surface area contributed by atoms with Crippen molar-refractivity contribution in [2.45, 2.75) is 11.4 Å². The summed E-state index contributed by atoms with van der Waals surface area (Å²) >= 11 is 18.2. The highest BCUT2D eigenvalue weighted by molar-refractivity contribution is 8.04. The summed E-state index contributed by atoms with van der Waals surface area (Å²) in [5.74, 6) is 7.52. The molecule has 1 nitrogen and oxygen atoms in total. The van der Waals surface area contributed by atoms with Crippen molar-refractivity contribution in [3.05, 3.63) is 0 Å². The Labute approximate surface area is 135 Å². The Morgan fingerprint density at radius 3 is 2.00 bits per heavy atom. The van der Waals surface area contributed by atoms with E-state index in [9.17, 15) is 5.11 Å². The molecule has 0 spiro atoms. The van der Waals surface area contributed by atoms with Crippen LogP contribution in [-0.4, -0.2) is 62.5 Å². The number of thioether (sulfide) groups is 3. The van der Waals surface area contributed by atoms with Crippen LogP contribution in [0.4, 0.5) is 0 Å². The quantitative estimate of drug-likeness (QED) is 0.320. The molecule has 104 valence electrons. The Morgan fingerprint density at radius 2 is 1.47 bits per heavy atom. The van der Waals surface area contributed by atoms with E-state index in [1.54, 1.807) is 11.8 Å². The molecule has 0 fully saturated rings. The fraction of sp³-hybridized carbons (Fsp3) is 1.00. The molecule has 17 heavy (non-hydrogen) atoms. The summed E-state index contributed by atoms with van der Waals surface area (Å²) in [7, 11) is 0. The van der Waals surface area contributed by atoms with Crippen molar-refractivity contribution >= 4 is 73.2 Å². The predicted octanol–water partition coefficient (Wildman–Crippen LogP) is 2.70. The minimum atomic E-state index is -0.206. The number of thiol groups is 3. The molecule has 0 heterocycles. The van der Waals surface area contributed by atoms with Gasteiger partial charge in [-0.2, -0.15) is 73.2 Å². The fourth-order valence-electron chi connectivity index (χ4n) is 1.01. The van der Waals surface area contributed by atoms with Crippen LogP contribution in [0.2, 0.25) is 0 Å². The van der Waals surface area contributed by atoms with Gasteiger partial charge in [-0.05, 0) is 11.5 Å². The van der Waals surface area contributed by atoms with Crippen LogP contribution in [0.15, 0.2) is 0 Å². The van der Waals surface area contributed by atoms with Crippen LogP contribution in [0, 0.1) is 0 Å². The summed E-state index contributed by atoms with van der Waals surface area (Å²) in [6.07, 6.45) is -0.206. The molecule has 0 aromatic carbocycles. The fourth-order valence-corrected chi connectivity index (χ4v) is 5.31. The predicted molar refractivity (Wildman–Crippen MR) is 98.5 cm³/mol. The average Bonchev–Trinajstić information content (AvgIpc) is 2.34. The molecular weight excluding hydrogens is 329 g/mol. The lowest BCUT2D eigenvalue weighted by atomic mass is 10.5. The summed E-state index contributed by atoms with van der Waals surface area (Å²) in [6, 6.07) is 0. The highest BCUT2D eigenvalue weighted by Gasteiger charge is 2.11. The largest absolute Gasteiger partial charge is 0.391 e. The Morgan fingerprint density at radius 1 is 0.882 bits per heavy atom. The van der Waals surface area contributed by atoms with Gasteiger partial charge in [0.15, 0.2) is 0 Å². The number of hydrogen-bond donors (Lipinski definition) is 4. The summed E-state index contributed by atoms with van der Waals surface area (Å²) < 4.78 is 0. The van der Waals surface area contributed by atoms with Crippen molar-refractivity contribution in [2.24, 2.45) is 0 Å². The maximum absolute atomic E-state index is 9.78. The molecule has 0 bridgehead atoms. The SMILES string of the molecule is OC(CSCCS)CSC(CS)CSCCS. The molecule has 0 aromatic rings. The van der Waals surface area contributed by atoms with Gasteiger partial charge in [-0.1, -0.05) is 0 Å². The monoisotopic (exact) mass is 350 g/mol. The summed E-state index contributed by atoms with van der Waals surface area (Å²) in [5, 5.41) is 10.3. The van der Waals surface area contributed by atoms with E-state index in [1.165, 1.54) is 0 Å². The second-order valence-corrected chi connectivity index (χ2v) is 8.28. The van der Waals surface area contributed by atoms with Gasteiger partial charge in [0.2, 0.25) is 0 Å². The molecule has 1 N–H and O–H groups in total. The van der Waals surface area contributed by atoms with E-state index in [-0.39, 0.29) is 6.10 Å². The van der Waals surface area contributed by atoms with E-state index in [0.29, 0.717) is 5.25 Å². The smallest absolute Gasteiger partial charge is 0.0720 e. The number of rotatable bonds is 12.